The van der Waals surface area contributed by atoms with Gasteiger partial charge in [-0.2, -0.15) is 0 Å². The van der Waals surface area contributed by atoms with E-state index in [1.54, 1.807) is 17.9 Å². The number of hydrogen-bond donors (Lipinski definition) is 2. The SMILES string of the molecule is COC(C)(C)C#Cc1nc(Cl)n(CCc2ccc(Cl)cc2)c1C(=O)NC=C1CCC(C(=O)O)CC1. The standard InChI is InChI=1S/C26H29Cl2N3O4/c1-26(2,35-3)14-12-21-22(23(32)29-16-18-4-8-19(9-5-18)24(33)34)31(25(28)30-21)15-13-17-6-10-20(27)11-7-17/h6-7,10-11,16,19H,4-5,8-9,13,15H2,1-3H3,(H,29,32)(H,33,34). The highest BCUT2D eigenvalue weighted by Crippen LogP contribution is 2.28. The molecule has 0 atom stereocenters. The summed E-state index contributed by atoms with van der Waals surface area (Å²) in [5.74, 6) is 4.46. The van der Waals surface area contributed by atoms with Crippen LogP contribution < -0.4 is 5.32 Å². The van der Waals surface area contributed by atoms with Crippen LogP contribution in [0.5, 0.6) is 0 Å². The Hall–Kier alpha value is -2.79. The second-order valence-electron chi connectivity index (χ2n) is 8.96. The zero-order valence-corrected chi connectivity index (χ0v) is 21.5. The zero-order valence-electron chi connectivity index (χ0n) is 20.0. The second kappa shape index (κ2) is 11.8. The van der Waals surface area contributed by atoms with Crippen molar-refractivity contribution in [3.63, 3.8) is 0 Å². The quantitative estimate of drug-likeness (QED) is 0.498. The van der Waals surface area contributed by atoms with E-state index in [-0.39, 0.29) is 28.5 Å². The molecule has 2 aromatic rings. The number of amides is 1. The lowest BCUT2D eigenvalue weighted by molar-refractivity contribution is -0.142. The van der Waals surface area contributed by atoms with Gasteiger partial charge in [0.05, 0.1) is 5.92 Å². The molecule has 1 saturated carbocycles. The summed E-state index contributed by atoms with van der Waals surface area (Å²) in [7, 11) is 1.56. The van der Waals surface area contributed by atoms with Crippen molar-refractivity contribution >= 4 is 35.1 Å². The van der Waals surface area contributed by atoms with Gasteiger partial charge in [-0.3, -0.25) is 9.59 Å². The number of nitrogens with zero attached hydrogens (tertiary/aromatic N) is 2. The second-order valence-corrected chi connectivity index (χ2v) is 9.73. The molecule has 1 fully saturated rings. The predicted molar refractivity (Wildman–Crippen MR) is 136 cm³/mol. The van der Waals surface area contributed by atoms with Crippen molar-refractivity contribution in [2.45, 2.75) is 58.1 Å². The summed E-state index contributed by atoms with van der Waals surface area (Å²) in [5.41, 5.74) is 1.84. The summed E-state index contributed by atoms with van der Waals surface area (Å²) >= 11 is 12.4. The van der Waals surface area contributed by atoms with Crippen molar-refractivity contribution in [2.75, 3.05) is 7.11 Å². The highest BCUT2D eigenvalue weighted by atomic mass is 35.5. The van der Waals surface area contributed by atoms with Crippen LogP contribution in [0.2, 0.25) is 10.3 Å². The fourth-order valence-corrected chi connectivity index (χ4v) is 4.10. The Bertz CT molecular complexity index is 1160. The molecule has 2 N–H and O–H groups in total. The number of allylic oxidation sites excluding steroid dienone is 1. The summed E-state index contributed by atoms with van der Waals surface area (Å²) in [6.07, 6.45) is 4.66. The van der Waals surface area contributed by atoms with E-state index in [1.807, 2.05) is 38.1 Å². The topological polar surface area (TPSA) is 93.5 Å². The van der Waals surface area contributed by atoms with Crippen LogP contribution in [0.3, 0.4) is 0 Å². The average molecular weight is 518 g/mol. The molecule has 1 aromatic heterocycles. The van der Waals surface area contributed by atoms with Gasteiger partial charge < -0.3 is 19.7 Å². The third-order valence-corrected chi connectivity index (χ3v) is 6.59. The molecule has 1 aromatic carbocycles. The first-order valence-electron chi connectivity index (χ1n) is 11.4. The molecule has 0 aliphatic heterocycles. The molecule has 7 nitrogen and oxygen atoms in total. The highest BCUT2D eigenvalue weighted by Gasteiger charge is 2.24. The summed E-state index contributed by atoms with van der Waals surface area (Å²) in [6, 6.07) is 7.48. The molecule has 0 unspecified atom stereocenters. The Kier molecular flexibility index (Phi) is 9.01. The van der Waals surface area contributed by atoms with Crippen LogP contribution in [0.4, 0.5) is 0 Å². The van der Waals surface area contributed by atoms with Crippen LogP contribution in [0.25, 0.3) is 0 Å². The van der Waals surface area contributed by atoms with E-state index >= 15 is 0 Å². The van der Waals surface area contributed by atoms with E-state index in [0.29, 0.717) is 43.7 Å². The maximum absolute atomic E-state index is 13.3. The third kappa shape index (κ3) is 7.35. The van der Waals surface area contributed by atoms with Gasteiger partial charge in [-0.1, -0.05) is 35.2 Å². The van der Waals surface area contributed by atoms with Gasteiger partial charge in [0, 0.05) is 24.9 Å². The Balaban J connectivity index is 1.85. The van der Waals surface area contributed by atoms with Crippen molar-refractivity contribution in [1.29, 1.82) is 0 Å². The number of imidazole rings is 1. The number of hydrogen-bond acceptors (Lipinski definition) is 4. The predicted octanol–water partition coefficient (Wildman–Crippen LogP) is 5.10. The summed E-state index contributed by atoms with van der Waals surface area (Å²) in [6.45, 7) is 4.05. The molecule has 0 saturated heterocycles. The molecule has 186 valence electrons. The number of aromatic nitrogens is 2. The minimum Gasteiger partial charge on any atom is -0.481 e. The number of carboxylic acids is 1. The minimum atomic E-state index is -0.769. The fourth-order valence-electron chi connectivity index (χ4n) is 3.72. The molecule has 3 rings (SSSR count). The van der Waals surface area contributed by atoms with Crippen molar-refractivity contribution in [2.24, 2.45) is 5.92 Å². The van der Waals surface area contributed by atoms with Gasteiger partial charge in [0.1, 0.15) is 17.0 Å². The molecule has 35 heavy (non-hydrogen) atoms. The van der Waals surface area contributed by atoms with Crippen molar-refractivity contribution < 1.29 is 19.4 Å². The van der Waals surface area contributed by atoms with Crippen LogP contribution in [0.15, 0.2) is 36.0 Å². The van der Waals surface area contributed by atoms with E-state index in [4.69, 9.17) is 27.9 Å². The molecular weight excluding hydrogens is 489 g/mol. The van der Waals surface area contributed by atoms with Crippen LogP contribution in [-0.2, 0) is 22.5 Å². The van der Waals surface area contributed by atoms with Gasteiger partial charge in [-0.25, -0.2) is 4.98 Å². The first kappa shape index (κ1) is 26.8. The molecule has 0 radical (unpaired) electrons. The number of ether oxygens (including phenoxy) is 1. The molecule has 1 aliphatic rings. The third-order valence-electron chi connectivity index (χ3n) is 6.05. The number of benzene rings is 1. The van der Waals surface area contributed by atoms with Crippen LogP contribution in [0, 0.1) is 17.8 Å². The fraction of sp³-hybridized carbons (Fsp3) is 0.423. The average Bonchev–Trinajstić information content (AvgIpc) is 3.16. The maximum Gasteiger partial charge on any atom is 0.306 e. The number of methoxy groups -OCH3 is 1. The monoisotopic (exact) mass is 517 g/mol. The summed E-state index contributed by atoms with van der Waals surface area (Å²) in [4.78, 5) is 28.8. The molecule has 1 aliphatic carbocycles. The van der Waals surface area contributed by atoms with E-state index in [9.17, 15) is 14.7 Å². The van der Waals surface area contributed by atoms with Crippen LogP contribution in [0.1, 0.15) is 61.3 Å². The van der Waals surface area contributed by atoms with Crippen LogP contribution >= 0.6 is 23.2 Å². The molecule has 1 amide bonds. The van der Waals surface area contributed by atoms with Crippen LogP contribution in [-0.4, -0.2) is 39.2 Å². The summed E-state index contributed by atoms with van der Waals surface area (Å²) in [5, 5.41) is 12.8. The lowest BCUT2D eigenvalue weighted by Crippen LogP contribution is -2.24. The Morgan fingerprint density at radius 1 is 1.26 bits per heavy atom. The first-order chi connectivity index (χ1) is 16.6. The van der Waals surface area contributed by atoms with E-state index in [1.165, 1.54) is 0 Å². The highest BCUT2D eigenvalue weighted by molar-refractivity contribution is 6.30. The molecule has 1 heterocycles. The smallest absolute Gasteiger partial charge is 0.306 e. The first-order valence-corrected chi connectivity index (χ1v) is 12.2. The van der Waals surface area contributed by atoms with Gasteiger partial charge in [-0.15, -0.1) is 0 Å². The van der Waals surface area contributed by atoms with E-state index < -0.39 is 11.6 Å². The Morgan fingerprint density at radius 3 is 2.51 bits per heavy atom. The Labute approximate surface area is 215 Å². The van der Waals surface area contributed by atoms with E-state index in [2.05, 4.69) is 22.1 Å². The molecule has 0 bridgehead atoms. The minimum absolute atomic E-state index is 0.165. The number of nitrogens with one attached hydrogen (secondary N) is 1. The van der Waals surface area contributed by atoms with Crippen molar-refractivity contribution in [3.8, 4) is 11.8 Å². The van der Waals surface area contributed by atoms with Crippen molar-refractivity contribution in [1.82, 2.24) is 14.9 Å². The number of aliphatic carboxylic acids is 1. The van der Waals surface area contributed by atoms with E-state index in [0.717, 1.165) is 11.1 Å². The molecule has 0 spiro atoms. The summed E-state index contributed by atoms with van der Waals surface area (Å²) < 4.78 is 7.01. The number of aryl methyl sites for hydroxylation is 1. The normalized spacial score (nSPS) is 15.8. The largest absolute Gasteiger partial charge is 0.481 e. The van der Waals surface area contributed by atoms with Crippen molar-refractivity contribution in [3.05, 3.63) is 63.3 Å². The lowest BCUT2D eigenvalue weighted by Gasteiger charge is -2.20. The maximum atomic E-state index is 13.3. The number of rotatable bonds is 7. The lowest BCUT2D eigenvalue weighted by atomic mass is 9.86. The van der Waals surface area contributed by atoms with Gasteiger partial charge in [0.15, 0.2) is 0 Å². The Morgan fingerprint density at radius 2 is 1.91 bits per heavy atom. The van der Waals surface area contributed by atoms with Gasteiger partial charge >= 0.3 is 5.97 Å². The molecular formula is C26H29Cl2N3O4. The van der Waals surface area contributed by atoms with Gasteiger partial charge in [-0.05, 0) is 81.2 Å². The number of carboxylic acid groups (broad SMARTS) is 1. The zero-order chi connectivity index (χ0) is 25.6. The molecule has 9 heteroatoms. The van der Waals surface area contributed by atoms with Gasteiger partial charge in [0.25, 0.3) is 5.91 Å². The van der Waals surface area contributed by atoms with Gasteiger partial charge in [0.2, 0.25) is 5.28 Å². The number of carbonyl (C=O) groups is 2. The number of carbonyl (C=O) groups excluding carboxylic acids is 1. The number of halogens is 2.